The maximum absolute atomic E-state index is 10.7. The lowest BCUT2D eigenvalue weighted by Gasteiger charge is -2.27. The Labute approximate surface area is 137 Å². The van der Waals surface area contributed by atoms with Crippen LogP contribution in [0.4, 0.5) is 5.82 Å². The molecule has 0 amide bonds. The Morgan fingerprint density at radius 3 is 2.75 bits per heavy atom. The number of rotatable bonds is 4. The van der Waals surface area contributed by atoms with Crippen LogP contribution in [-0.4, -0.2) is 71.4 Å². The zero-order chi connectivity index (χ0) is 17.6. The van der Waals surface area contributed by atoms with Gasteiger partial charge in [0.05, 0.1) is 11.5 Å². The summed E-state index contributed by atoms with van der Waals surface area (Å²) >= 11 is 0. The number of nitrogen functional groups attached to an aromatic ring is 1. The summed E-state index contributed by atoms with van der Waals surface area (Å²) in [6.07, 6.45) is -0.406. The van der Waals surface area contributed by atoms with Gasteiger partial charge in [0.25, 0.3) is 0 Å². The molecule has 1 aliphatic rings. The molecule has 3 rings (SSSR count). The number of nitrogens with two attached hydrogens (primary N) is 1. The first-order valence-corrected chi connectivity index (χ1v) is 7.42. The van der Waals surface area contributed by atoms with Crippen LogP contribution in [0, 0.1) is 0 Å². The van der Waals surface area contributed by atoms with Crippen molar-refractivity contribution in [3.63, 3.8) is 0 Å². The fourth-order valence-corrected chi connectivity index (χ4v) is 3.11. The summed E-state index contributed by atoms with van der Waals surface area (Å²) in [6, 6.07) is 0. The van der Waals surface area contributed by atoms with Crippen LogP contribution in [-0.2, 0) is 4.74 Å². The normalized spacial score (nSPS) is 30.2. The van der Waals surface area contributed by atoms with Crippen molar-refractivity contribution < 1.29 is 30.1 Å². The third-order valence-corrected chi connectivity index (χ3v) is 4.37. The van der Waals surface area contributed by atoms with E-state index in [9.17, 15) is 20.3 Å². The molecule has 2 aromatic heterocycles. The van der Waals surface area contributed by atoms with Gasteiger partial charge in [-0.2, -0.15) is 0 Å². The largest absolute Gasteiger partial charge is 0.490 e. The predicted molar refractivity (Wildman–Crippen MR) is 84.0 cm³/mol. The van der Waals surface area contributed by atoms with Crippen LogP contribution < -0.4 is 11.2 Å². The molecule has 0 spiro atoms. The third-order valence-electron chi connectivity index (χ3n) is 4.37. The first-order chi connectivity index (χ1) is 11.3. The van der Waals surface area contributed by atoms with Gasteiger partial charge in [0.15, 0.2) is 6.23 Å². The molecule has 0 saturated carbocycles. The van der Waals surface area contributed by atoms with E-state index in [-0.39, 0.29) is 35.3 Å². The molecule has 7 N–H and O–H groups in total. The van der Waals surface area contributed by atoms with Crippen molar-refractivity contribution >= 4 is 29.4 Å². The number of aliphatic hydroxyl groups is 3. The molecular formula is C13H19BN4O6. The van der Waals surface area contributed by atoms with E-state index in [0.717, 1.165) is 0 Å². The second kappa shape index (κ2) is 5.95. The fraction of sp³-hybridized carbons (Fsp3) is 0.538. The minimum atomic E-state index is -1.83. The first-order valence-electron chi connectivity index (χ1n) is 7.42. The number of anilines is 1. The molecule has 0 radical (unpaired) electrons. The van der Waals surface area contributed by atoms with E-state index in [2.05, 4.69) is 9.97 Å². The molecule has 1 aliphatic heterocycles. The second-order valence-corrected chi connectivity index (χ2v) is 6.03. The van der Waals surface area contributed by atoms with Gasteiger partial charge in [-0.1, -0.05) is 0 Å². The minimum absolute atomic E-state index is 0.0481. The van der Waals surface area contributed by atoms with Crippen LogP contribution in [0.3, 0.4) is 0 Å². The highest BCUT2D eigenvalue weighted by Crippen LogP contribution is 2.40. The lowest BCUT2D eigenvalue weighted by Crippen LogP contribution is -2.43. The molecule has 0 aromatic carbocycles. The Bertz CT molecular complexity index is 751. The summed E-state index contributed by atoms with van der Waals surface area (Å²) in [5.41, 5.74) is 4.40. The van der Waals surface area contributed by atoms with E-state index in [1.807, 2.05) is 0 Å². The fourth-order valence-electron chi connectivity index (χ4n) is 3.11. The zero-order valence-corrected chi connectivity index (χ0v) is 12.9. The Morgan fingerprint density at radius 1 is 1.42 bits per heavy atom. The molecule has 4 atom stereocenters. The SMILES string of the molecule is C[C@@]1(O)C(O)C(CCO)OC1n1cc(B(O)O)c2c(N)ncnc21. The van der Waals surface area contributed by atoms with E-state index in [0.29, 0.717) is 0 Å². The average Bonchev–Trinajstić information content (AvgIpc) is 3.00. The zero-order valence-electron chi connectivity index (χ0n) is 12.9. The Balaban J connectivity index is 2.14. The van der Waals surface area contributed by atoms with Gasteiger partial charge >= 0.3 is 7.12 Å². The van der Waals surface area contributed by atoms with Gasteiger partial charge in [-0.3, -0.25) is 0 Å². The van der Waals surface area contributed by atoms with Gasteiger partial charge in [-0.15, -0.1) is 0 Å². The third kappa shape index (κ3) is 2.46. The number of fused-ring (bicyclic) bond motifs is 1. The van der Waals surface area contributed by atoms with E-state index in [1.165, 1.54) is 24.0 Å². The van der Waals surface area contributed by atoms with E-state index >= 15 is 0 Å². The summed E-state index contributed by atoms with van der Waals surface area (Å²) in [5, 5.41) is 49.4. The number of aliphatic hydroxyl groups excluding tert-OH is 2. The number of nitrogens with zero attached hydrogens (tertiary/aromatic N) is 3. The van der Waals surface area contributed by atoms with Crippen molar-refractivity contribution in [3.8, 4) is 0 Å². The van der Waals surface area contributed by atoms with Gasteiger partial charge in [-0.05, 0) is 13.3 Å². The number of ether oxygens (including phenoxy) is 1. The lowest BCUT2D eigenvalue weighted by molar-refractivity contribution is -0.0940. The Kier molecular flexibility index (Phi) is 4.24. The maximum Gasteiger partial charge on any atom is 0.490 e. The van der Waals surface area contributed by atoms with Crippen LogP contribution >= 0.6 is 0 Å². The van der Waals surface area contributed by atoms with Crippen LogP contribution in [0.15, 0.2) is 12.5 Å². The van der Waals surface area contributed by atoms with E-state index in [1.54, 1.807) is 0 Å². The molecule has 11 heteroatoms. The standard InChI is InChI=1S/C13H19BN4O6/c1-13(21)9(20)7(2-3-19)24-12(13)18-4-6(14(22)23)8-10(15)16-5-17-11(8)18/h4-5,7,9,12,19-23H,2-3H2,1H3,(H2,15,16,17)/t7?,9?,12?,13-/m1/s1. The summed E-state index contributed by atoms with van der Waals surface area (Å²) < 4.78 is 7.07. The summed E-state index contributed by atoms with van der Waals surface area (Å²) in [6.45, 7) is 1.18. The highest BCUT2D eigenvalue weighted by atomic mass is 16.6. The molecule has 24 heavy (non-hydrogen) atoms. The summed E-state index contributed by atoms with van der Waals surface area (Å²) in [4.78, 5) is 7.91. The molecule has 1 fully saturated rings. The molecule has 10 nitrogen and oxygen atoms in total. The van der Waals surface area contributed by atoms with E-state index < -0.39 is 31.2 Å². The highest BCUT2D eigenvalue weighted by molar-refractivity contribution is 6.62. The quantitative estimate of drug-likeness (QED) is 0.320. The first kappa shape index (κ1) is 17.1. The van der Waals surface area contributed by atoms with Crippen molar-refractivity contribution in [2.45, 2.75) is 37.4 Å². The molecule has 0 bridgehead atoms. The van der Waals surface area contributed by atoms with E-state index in [4.69, 9.17) is 15.6 Å². The molecule has 0 aliphatic carbocycles. The number of aromatic nitrogens is 3. The number of hydrogen-bond acceptors (Lipinski definition) is 9. The molecular weight excluding hydrogens is 319 g/mol. The number of hydrogen-bond donors (Lipinski definition) is 6. The average molecular weight is 338 g/mol. The summed E-state index contributed by atoms with van der Waals surface area (Å²) in [7, 11) is -1.83. The van der Waals surface area contributed by atoms with Crippen molar-refractivity contribution in [1.82, 2.24) is 14.5 Å². The molecule has 130 valence electrons. The minimum Gasteiger partial charge on any atom is -0.423 e. The molecule has 2 aromatic rings. The van der Waals surface area contributed by atoms with Crippen LogP contribution in [0.1, 0.15) is 19.6 Å². The van der Waals surface area contributed by atoms with Crippen LogP contribution in [0.2, 0.25) is 0 Å². The smallest absolute Gasteiger partial charge is 0.423 e. The van der Waals surface area contributed by atoms with Gasteiger partial charge < -0.3 is 40.4 Å². The van der Waals surface area contributed by atoms with Crippen molar-refractivity contribution in [2.24, 2.45) is 0 Å². The molecule has 3 unspecified atom stereocenters. The van der Waals surface area contributed by atoms with Crippen molar-refractivity contribution in [3.05, 3.63) is 12.5 Å². The van der Waals surface area contributed by atoms with Crippen LogP contribution in [0.5, 0.6) is 0 Å². The molecule has 1 saturated heterocycles. The van der Waals surface area contributed by atoms with Crippen molar-refractivity contribution in [1.29, 1.82) is 0 Å². The Morgan fingerprint density at radius 2 is 2.12 bits per heavy atom. The summed E-state index contributed by atoms with van der Waals surface area (Å²) in [5.74, 6) is 0.0481. The maximum atomic E-state index is 10.7. The monoisotopic (exact) mass is 338 g/mol. The lowest BCUT2D eigenvalue weighted by atomic mass is 9.80. The van der Waals surface area contributed by atoms with Crippen molar-refractivity contribution in [2.75, 3.05) is 12.3 Å². The van der Waals surface area contributed by atoms with Gasteiger partial charge in [0.1, 0.15) is 29.5 Å². The highest BCUT2D eigenvalue weighted by Gasteiger charge is 2.53. The van der Waals surface area contributed by atoms with Crippen LogP contribution in [0.25, 0.3) is 11.0 Å². The topological polar surface area (TPSA) is 167 Å². The Hall–Kier alpha value is -1.76. The predicted octanol–water partition coefficient (Wildman–Crippen LogP) is -2.91. The van der Waals surface area contributed by atoms with Gasteiger partial charge in [-0.25, -0.2) is 9.97 Å². The van der Waals surface area contributed by atoms with Gasteiger partial charge in [0, 0.05) is 18.3 Å². The van der Waals surface area contributed by atoms with Gasteiger partial charge in [0.2, 0.25) is 0 Å². The molecule has 3 heterocycles. The second-order valence-electron chi connectivity index (χ2n) is 6.03.